The van der Waals surface area contributed by atoms with Gasteiger partial charge in [0.15, 0.2) is 5.78 Å². The maximum absolute atomic E-state index is 12.3. The number of Topliss-reactive ketones (excluding diaryl/α,β-unsaturated/α-hetero) is 1. The lowest BCUT2D eigenvalue weighted by atomic mass is 10.0. The number of para-hydroxylation sites is 1. The standard InChI is InChI=1S/C15H11NOS/c17-14(10-12-6-3-9-18-12)13-7-1-4-11-5-2-8-16-15(11)13/h1-9H,10H2. The number of nitrogens with zero attached hydrogens (tertiary/aromatic N) is 1. The molecule has 2 aromatic heterocycles. The van der Waals surface area contributed by atoms with Gasteiger partial charge in [-0.1, -0.05) is 24.3 Å². The SMILES string of the molecule is O=C(Cc1cccs1)c1cccc2cccnc12. The summed E-state index contributed by atoms with van der Waals surface area (Å²) in [6, 6.07) is 13.6. The summed E-state index contributed by atoms with van der Waals surface area (Å²) in [6.45, 7) is 0. The number of hydrogen-bond acceptors (Lipinski definition) is 3. The minimum atomic E-state index is 0.127. The monoisotopic (exact) mass is 253 g/mol. The molecule has 0 saturated heterocycles. The van der Waals surface area contributed by atoms with E-state index in [2.05, 4.69) is 4.98 Å². The van der Waals surface area contributed by atoms with Crippen molar-refractivity contribution in [2.45, 2.75) is 6.42 Å². The van der Waals surface area contributed by atoms with Gasteiger partial charge in [-0.15, -0.1) is 11.3 Å². The van der Waals surface area contributed by atoms with Gasteiger partial charge in [-0.25, -0.2) is 0 Å². The summed E-state index contributed by atoms with van der Waals surface area (Å²) in [5, 5.41) is 3.00. The number of thiophene rings is 1. The molecule has 0 aliphatic rings. The third-order valence-corrected chi connectivity index (χ3v) is 3.72. The lowest BCUT2D eigenvalue weighted by Gasteiger charge is -2.03. The third-order valence-electron chi connectivity index (χ3n) is 2.85. The topological polar surface area (TPSA) is 30.0 Å². The second-order valence-corrected chi connectivity index (χ2v) is 5.09. The van der Waals surface area contributed by atoms with Gasteiger partial charge in [0.1, 0.15) is 0 Å². The average molecular weight is 253 g/mol. The van der Waals surface area contributed by atoms with Crippen LogP contribution in [0.2, 0.25) is 0 Å². The molecule has 0 saturated carbocycles. The van der Waals surface area contributed by atoms with Crippen LogP contribution in [0.5, 0.6) is 0 Å². The molecule has 0 unspecified atom stereocenters. The summed E-state index contributed by atoms with van der Waals surface area (Å²) in [6.07, 6.45) is 2.18. The van der Waals surface area contributed by atoms with E-state index in [0.29, 0.717) is 12.0 Å². The Morgan fingerprint density at radius 3 is 2.83 bits per heavy atom. The van der Waals surface area contributed by atoms with E-state index in [0.717, 1.165) is 15.8 Å². The van der Waals surface area contributed by atoms with Gasteiger partial charge in [-0.2, -0.15) is 0 Å². The molecule has 0 spiro atoms. The molecule has 0 bridgehead atoms. The number of ketones is 1. The van der Waals surface area contributed by atoms with Crippen LogP contribution in [0.15, 0.2) is 54.0 Å². The Bertz CT molecular complexity index is 683. The van der Waals surface area contributed by atoms with E-state index in [9.17, 15) is 4.79 Å². The predicted molar refractivity (Wildman–Crippen MR) is 74.1 cm³/mol. The summed E-state index contributed by atoms with van der Waals surface area (Å²) >= 11 is 1.61. The zero-order valence-corrected chi connectivity index (χ0v) is 10.5. The molecule has 88 valence electrons. The second-order valence-electron chi connectivity index (χ2n) is 4.06. The minimum Gasteiger partial charge on any atom is -0.294 e. The molecule has 0 radical (unpaired) electrons. The first-order chi connectivity index (χ1) is 8.84. The summed E-state index contributed by atoms with van der Waals surface area (Å²) in [4.78, 5) is 17.7. The molecule has 0 aliphatic carbocycles. The average Bonchev–Trinajstić information content (AvgIpc) is 2.91. The van der Waals surface area contributed by atoms with Gasteiger partial charge in [0.2, 0.25) is 0 Å². The van der Waals surface area contributed by atoms with Crippen molar-refractivity contribution in [3.05, 3.63) is 64.5 Å². The molecule has 0 fully saturated rings. The summed E-state index contributed by atoms with van der Waals surface area (Å²) in [5.74, 6) is 0.127. The van der Waals surface area contributed by atoms with Crippen molar-refractivity contribution in [3.8, 4) is 0 Å². The summed E-state index contributed by atoms with van der Waals surface area (Å²) < 4.78 is 0. The van der Waals surface area contributed by atoms with Crippen LogP contribution in [0.1, 0.15) is 15.2 Å². The first-order valence-corrected chi connectivity index (χ1v) is 6.62. The van der Waals surface area contributed by atoms with Gasteiger partial charge in [-0.3, -0.25) is 9.78 Å². The Morgan fingerprint density at radius 1 is 1.11 bits per heavy atom. The highest BCUT2D eigenvalue weighted by Crippen LogP contribution is 2.19. The molecule has 2 heterocycles. The van der Waals surface area contributed by atoms with Gasteiger partial charge >= 0.3 is 0 Å². The molecule has 18 heavy (non-hydrogen) atoms. The summed E-state index contributed by atoms with van der Waals surface area (Å²) in [5.41, 5.74) is 1.50. The Balaban J connectivity index is 2.01. The van der Waals surface area contributed by atoms with Crippen LogP contribution in [0.25, 0.3) is 10.9 Å². The number of carbonyl (C=O) groups excluding carboxylic acids is 1. The fourth-order valence-corrected chi connectivity index (χ4v) is 2.70. The smallest absolute Gasteiger partial charge is 0.170 e. The van der Waals surface area contributed by atoms with Gasteiger partial charge in [0, 0.05) is 28.4 Å². The summed E-state index contributed by atoms with van der Waals surface area (Å²) in [7, 11) is 0. The third kappa shape index (κ3) is 2.05. The van der Waals surface area contributed by atoms with Gasteiger partial charge in [-0.05, 0) is 23.6 Å². The number of benzene rings is 1. The van der Waals surface area contributed by atoms with Gasteiger partial charge in [0.25, 0.3) is 0 Å². The molecular formula is C15H11NOS. The van der Waals surface area contributed by atoms with E-state index < -0.39 is 0 Å². The van der Waals surface area contributed by atoms with E-state index in [1.165, 1.54) is 0 Å². The number of carbonyl (C=O) groups is 1. The first kappa shape index (κ1) is 11.1. The highest BCUT2D eigenvalue weighted by Gasteiger charge is 2.11. The Labute approximate surface area is 109 Å². The van der Waals surface area contributed by atoms with Gasteiger partial charge in [0.05, 0.1) is 5.52 Å². The van der Waals surface area contributed by atoms with Crippen molar-refractivity contribution in [1.82, 2.24) is 4.98 Å². The molecule has 3 aromatic rings. The highest BCUT2D eigenvalue weighted by atomic mass is 32.1. The number of rotatable bonds is 3. The predicted octanol–water partition coefficient (Wildman–Crippen LogP) is 3.72. The van der Waals surface area contributed by atoms with Crippen LogP contribution in [0, 0.1) is 0 Å². The van der Waals surface area contributed by atoms with Crippen molar-refractivity contribution >= 4 is 28.0 Å². The van der Waals surface area contributed by atoms with Crippen LogP contribution >= 0.6 is 11.3 Å². The fraction of sp³-hybridized carbons (Fsp3) is 0.0667. The molecule has 3 rings (SSSR count). The van der Waals surface area contributed by atoms with Crippen molar-refractivity contribution in [3.63, 3.8) is 0 Å². The van der Waals surface area contributed by atoms with Crippen LogP contribution < -0.4 is 0 Å². The maximum Gasteiger partial charge on any atom is 0.170 e. The molecule has 1 aromatic carbocycles. The Morgan fingerprint density at radius 2 is 2.00 bits per heavy atom. The number of aromatic nitrogens is 1. The van der Waals surface area contributed by atoms with E-state index in [1.54, 1.807) is 17.5 Å². The molecule has 0 amide bonds. The van der Waals surface area contributed by atoms with Crippen LogP contribution in [-0.2, 0) is 6.42 Å². The molecule has 0 N–H and O–H groups in total. The number of fused-ring (bicyclic) bond motifs is 1. The van der Waals surface area contributed by atoms with E-state index >= 15 is 0 Å². The first-order valence-electron chi connectivity index (χ1n) is 5.74. The van der Waals surface area contributed by atoms with Gasteiger partial charge < -0.3 is 0 Å². The largest absolute Gasteiger partial charge is 0.294 e. The van der Waals surface area contributed by atoms with Crippen molar-refractivity contribution in [2.75, 3.05) is 0 Å². The van der Waals surface area contributed by atoms with E-state index in [1.807, 2.05) is 47.8 Å². The van der Waals surface area contributed by atoms with Crippen molar-refractivity contribution in [1.29, 1.82) is 0 Å². The quantitative estimate of drug-likeness (QED) is 0.666. The molecule has 3 heteroatoms. The lowest BCUT2D eigenvalue weighted by molar-refractivity contribution is 0.0995. The van der Waals surface area contributed by atoms with Crippen LogP contribution in [0.3, 0.4) is 0 Å². The van der Waals surface area contributed by atoms with E-state index in [4.69, 9.17) is 0 Å². The fourth-order valence-electron chi connectivity index (χ4n) is 2.00. The van der Waals surface area contributed by atoms with Crippen molar-refractivity contribution in [2.24, 2.45) is 0 Å². The minimum absolute atomic E-state index is 0.127. The van der Waals surface area contributed by atoms with Crippen LogP contribution in [-0.4, -0.2) is 10.8 Å². The Hall–Kier alpha value is -2.00. The zero-order valence-electron chi connectivity index (χ0n) is 9.67. The molecular weight excluding hydrogens is 242 g/mol. The highest BCUT2D eigenvalue weighted by molar-refractivity contribution is 7.10. The maximum atomic E-state index is 12.3. The molecule has 2 nitrogen and oxygen atoms in total. The zero-order chi connectivity index (χ0) is 12.4. The Kier molecular flexibility index (Phi) is 2.90. The lowest BCUT2D eigenvalue weighted by Crippen LogP contribution is -2.03. The van der Waals surface area contributed by atoms with Crippen molar-refractivity contribution < 1.29 is 4.79 Å². The van der Waals surface area contributed by atoms with E-state index in [-0.39, 0.29) is 5.78 Å². The number of pyridine rings is 1. The number of hydrogen-bond donors (Lipinski definition) is 0. The second kappa shape index (κ2) is 4.70. The van der Waals surface area contributed by atoms with Crippen LogP contribution in [0.4, 0.5) is 0 Å². The molecule has 0 aliphatic heterocycles. The molecule has 0 atom stereocenters. The normalized spacial score (nSPS) is 10.7.